The molecule has 1 aromatic carbocycles. The first-order valence-corrected chi connectivity index (χ1v) is 8.36. The third-order valence-electron chi connectivity index (χ3n) is 4.63. The van der Waals surface area contributed by atoms with Gasteiger partial charge in [0.05, 0.1) is 5.52 Å². The fraction of sp³-hybridized carbons (Fsp3) is 0.316. The molecule has 1 aliphatic heterocycles. The van der Waals surface area contributed by atoms with Crippen LogP contribution in [0.1, 0.15) is 35.8 Å². The van der Waals surface area contributed by atoms with Crippen LogP contribution < -0.4 is 0 Å². The minimum atomic E-state index is -0.0284. The molecule has 3 aromatic rings. The summed E-state index contributed by atoms with van der Waals surface area (Å²) in [6, 6.07) is 8.23. The van der Waals surface area contributed by atoms with Crippen LogP contribution in [0.25, 0.3) is 22.0 Å². The van der Waals surface area contributed by atoms with Gasteiger partial charge in [0, 0.05) is 36.8 Å². The predicted octanol–water partition coefficient (Wildman–Crippen LogP) is 3.42. The Bertz CT molecular complexity index is 893. The van der Waals surface area contributed by atoms with Gasteiger partial charge in [-0.15, -0.1) is 0 Å². The third-order valence-corrected chi connectivity index (χ3v) is 4.63. The first-order chi connectivity index (χ1) is 11.7. The fourth-order valence-electron chi connectivity index (χ4n) is 3.39. The Kier molecular flexibility index (Phi) is 3.86. The zero-order valence-corrected chi connectivity index (χ0v) is 13.7. The van der Waals surface area contributed by atoms with E-state index in [-0.39, 0.29) is 5.78 Å². The molecule has 1 saturated heterocycles. The zero-order valence-electron chi connectivity index (χ0n) is 13.7. The normalized spacial score (nSPS) is 15.2. The summed E-state index contributed by atoms with van der Waals surface area (Å²) in [6.45, 7) is 4.84. The second-order valence-electron chi connectivity index (χ2n) is 6.45. The van der Waals surface area contributed by atoms with E-state index < -0.39 is 0 Å². The molecule has 24 heavy (non-hydrogen) atoms. The number of aromatic amines is 1. The van der Waals surface area contributed by atoms with Crippen molar-refractivity contribution in [2.45, 2.75) is 26.3 Å². The van der Waals surface area contributed by atoms with Crippen LogP contribution in [0.3, 0.4) is 0 Å². The lowest BCUT2D eigenvalue weighted by Gasteiger charge is -2.14. The summed E-state index contributed by atoms with van der Waals surface area (Å²) in [5.41, 5.74) is 4.73. The number of nitrogens with zero attached hydrogens (tertiary/aromatic N) is 3. The predicted molar refractivity (Wildman–Crippen MR) is 93.8 cm³/mol. The van der Waals surface area contributed by atoms with Gasteiger partial charge in [0.25, 0.3) is 0 Å². The minimum absolute atomic E-state index is 0.0284. The van der Waals surface area contributed by atoms with E-state index in [0.717, 1.165) is 28.6 Å². The number of hydrogen-bond donors (Lipinski definition) is 1. The molecular formula is C19H20N4O. The van der Waals surface area contributed by atoms with E-state index in [9.17, 15) is 4.79 Å². The number of nitrogens with one attached hydrogen (secondary N) is 1. The van der Waals surface area contributed by atoms with Gasteiger partial charge >= 0.3 is 0 Å². The van der Waals surface area contributed by atoms with Gasteiger partial charge in [-0.3, -0.25) is 19.8 Å². The Balaban J connectivity index is 1.68. The van der Waals surface area contributed by atoms with Crippen molar-refractivity contribution in [2.24, 2.45) is 0 Å². The van der Waals surface area contributed by atoms with Crippen LogP contribution >= 0.6 is 0 Å². The molecule has 0 aliphatic carbocycles. The molecule has 1 fully saturated rings. The van der Waals surface area contributed by atoms with Gasteiger partial charge in [-0.05, 0) is 55.3 Å². The topological polar surface area (TPSA) is 61.9 Å². The van der Waals surface area contributed by atoms with E-state index in [1.54, 1.807) is 6.92 Å². The zero-order chi connectivity index (χ0) is 16.5. The van der Waals surface area contributed by atoms with Gasteiger partial charge in [-0.25, -0.2) is 0 Å². The number of benzene rings is 1. The molecule has 3 heterocycles. The fourth-order valence-corrected chi connectivity index (χ4v) is 3.39. The second kappa shape index (κ2) is 6.17. The number of rotatable bonds is 4. The summed E-state index contributed by atoms with van der Waals surface area (Å²) in [4.78, 5) is 18.6. The van der Waals surface area contributed by atoms with Crippen LogP contribution in [0.5, 0.6) is 0 Å². The van der Waals surface area contributed by atoms with Gasteiger partial charge in [-0.2, -0.15) is 5.10 Å². The Labute approximate surface area is 140 Å². The molecule has 0 spiro atoms. The molecule has 0 unspecified atom stereocenters. The molecule has 5 nitrogen and oxygen atoms in total. The monoisotopic (exact) mass is 320 g/mol. The van der Waals surface area contributed by atoms with Gasteiger partial charge in [-0.1, -0.05) is 6.07 Å². The number of fused-ring (bicyclic) bond motifs is 1. The van der Waals surface area contributed by atoms with E-state index in [1.165, 1.54) is 31.5 Å². The third kappa shape index (κ3) is 2.83. The van der Waals surface area contributed by atoms with Crippen molar-refractivity contribution in [1.29, 1.82) is 0 Å². The Morgan fingerprint density at radius 2 is 2.00 bits per heavy atom. The highest BCUT2D eigenvalue weighted by molar-refractivity contribution is 6.05. The summed E-state index contributed by atoms with van der Waals surface area (Å²) in [5, 5.41) is 7.90. The summed E-state index contributed by atoms with van der Waals surface area (Å²) in [6.07, 6.45) is 6.40. The number of carbonyl (C=O) groups excluding carboxylic acids is 1. The van der Waals surface area contributed by atoms with E-state index in [4.69, 9.17) is 0 Å². The Morgan fingerprint density at radius 1 is 1.17 bits per heavy atom. The van der Waals surface area contributed by atoms with E-state index in [1.807, 2.05) is 30.6 Å². The SMILES string of the molecule is CC(=O)c1n[nH]c2ccc(-c3cncc(CN4CCCC4)c3)cc12. The summed E-state index contributed by atoms with van der Waals surface area (Å²) < 4.78 is 0. The molecule has 122 valence electrons. The average molecular weight is 320 g/mol. The van der Waals surface area contributed by atoms with Crippen molar-refractivity contribution >= 4 is 16.7 Å². The lowest BCUT2D eigenvalue weighted by Crippen LogP contribution is -2.18. The summed E-state index contributed by atoms with van der Waals surface area (Å²) in [5.74, 6) is -0.0284. The van der Waals surface area contributed by atoms with Crippen LogP contribution in [0.4, 0.5) is 0 Å². The standard InChI is InChI=1S/C19H20N4O/c1-13(24)19-17-9-15(4-5-18(17)21-22-19)16-8-14(10-20-11-16)12-23-6-2-3-7-23/h4-5,8-11H,2-3,6-7,12H2,1H3,(H,21,22). The lowest BCUT2D eigenvalue weighted by atomic mass is 10.0. The number of likely N-dealkylation sites (tertiary alicyclic amines) is 1. The molecule has 5 heteroatoms. The van der Waals surface area contributed by atoms with Crippen molar-refractivity contribution in [3.05, 3.63) is 47.9 Å². The first kappa shape index (κ1) is 15.0. The highest BCUT2D eigenvalue weighted by atomic mass is 16.1. The number of pyridine rings is 1. The van der Waals surface area contributed by atoms with Crippen LogP contribution in [-0.4, -0.2) is 39.0 Å². The maximum atomic E-state index is 11.7. The lowest BCUT2D eigenvalue weighted by molar-refractivity contribution is 0.101. The first-order valence-electron chi connectivity index (χ1n) is 8.36. The second-order valence-corrected chi connectivity index (χ2v) is 6.45. The van der Waals surface area contributed by atoms with Crippen molar-refractivity contribution in [3.63, 3.8) is 0 Å². The minimum Gasteiger partial charge on any atom is -0.299 e. The molecule has 2 aromatic heterocycles. The summed E-state index contributed by atoms with van der Waals surface area (Å²) in [7, 11) is 0. The number of H-pyrrole nitrogens is 1. The molecular weight excluding hydrogens is 300 g/mol. The number of ketones is 1. The smallest absolute Gasteiger partial charge is 0.180 e. The van der Waals surface area contributed by atoms with Gasteiger partial charge in [0.15, 0.2) is 5.78 Å². The highest BCUT2D eigenvalue weighted by Gasteiger charge is 2.13. The van der Waals surface area contributed by atoms with Crippen LogP contribution in [-0.2, 0) is 6.54 Å². The van der Waals surface area contributed by atoms with Gasteiger partial charge < -0.3 is 0 Å². The number of aromatic nitrogens is 3. The maximum absolute atomic E-state index is 11.7. The van der Waals surface area contributed by atoms with Gasteiger partial charge in [0.1, 0.15) is 5.69 Å². The Hall–Kier alpha value is -2.53. The van der Waals surface area contributed by atoms with Gasteiger partial charge in [0.2, 0.25) is 0 Å². The molecule has 0 radical (unpaired) electrons. The molecule has 0 atom stereocenters. The molecule has 0 saturated carbocycles. The quantitative estimate of drug-likeness (QED) is 0.748. The van der Waals surface area contributed by atoms with Crippen LogP contribution in [0.15, 0.2) is 36.7 Å². The number of Topliss-reactive ketones (excluding diaryl/α,β-unsaturated/α-hetero) is 1. The van der Waals surface area contributed by atoms with Crippen molar-refractivity contribution < 1.29 is 4.79 Å². The maximum Gasteiger partial charge on any atom is 0.180 e. The van der Waals surface area contributed by atoms with E-state index in [0.29, 0.717) is 5.69 Å². The van der Waals surface area contributed by atoms with Crippen molar-refractivity contribution in [1.82, 2.24) is 20.1 Å². The van der Waals surface area contributed by atoms with Crippen molar-refractivity contribution in [3.8, 4) is 11.1 Å². The molecule has 1 aliphatic rings. The molecule has 4 rings (SSSR count). The number of hydrogen-bond acceptors (Lipinski definition) is 4. The van der Waals surface area contributed by atoms with E-state index >= 15 is 0 Å². The largest absolute Gasteiger partial charge is 0.299 e. The van der Waals surface area contributed by atoms with Crippen molar-refractivity contribution in [2.75, 3.05) is 13.1 Å². The average Bonchev–Trinajstić information content (AvgIpc) is 3.23. The van der Waals surface area contributed by atoms with Crippen LogP contribution in [0.2, 0.25) is 0 Å². The van der Waals surface area contributed by atoms with E-state index in [2.05, 4.69) is 26.1 Å². The highest BCUT2D eigenvalue weighted by Crippen LogP contribution is 2.26. The van der Waals surface area contributed by atoms with Crippen LogP contribution in [0, 0.1) is 0 Å². The number of carbonyl (C=O) groups is 1. The Morgan fingerprint density at radius 3 is 2.79 bits per heavy atom. The summed E-state index contributed by atoms with van der Waals surface area (Å²) >= 11 is 0. The molecule has 0 amide bonds. The molecule has 0 bridgehead atoms. The molecule has 1 N–H and O–H groups in total.